The van der Waals surface area contributed by atoms with Gasteiger partial charge in [-0.15, -0.1) is 0 Å². The first-order valence-electron chi connectivity index (χ1n) is 21.3. The van der Waals surface area contributed by atoms with Crippen molar-refractivity contribution in [2.24, 2.45) is 16.2 Å². The Hall–Kier alpha value is -6.37. The van der Waals surface area contributed by atoms with Gasteiger partial charge in [-0.05, 0) is 71.5 Å². The van der Waals surface area contributed by atoms with E-state index >= 15 is 0 Å². The van der Waals surface area contributed by atoms with Crippen LogP contribution in [0.25, 0.3) is 9.69 Å². The number of nitriles is 4. The van der Waals surface area contributed by atoms with Crippen LogP contribution in [-0.4, -0.2) is 103 Å². The van der Waals surface area contributed by atoms with Crippen molar-refractivity contribution in [2.45, 2.75) is 80.1 Å². The van der Waals surface area contributed by atoms with E-state index in [0.717, 1.165) is 0 Å². The average molecular weight is 873 g/mol. The number of nitrogens with zero attached hydrogens (tertiary/aromatic N) is 7. The van der Waals surface area contributed by atoms with Gasteiger partial charge in [0, 0.05) is 73.1 Å². The summed E-state index contributed by atoms with van der Waals surface area (Å²) in [5.41, 5.74) is 3.58. The highest BCUT2D eigenvalue weighted by molar-refractivity contribution is 5.85. The number of ether oxygens (including phenoxy) is 3. The molecular formula is C48H60N10O6. The number of carbonyl (C=O) groups is 3. The van der Waals surface area contributed by atoms with Gasteiger partial charge in [-0.1, -0.05) is 41.5 Å². The van der Waals surface area contributed by atoms with Gasteiger partial charge in [0.2, 0.25) is 0 Å². The lowest BCUT2D eigenvalue weighted by atomic mass is 9.73. The van der Waals surface area contributed by atoms with Gasteiger partial charge < -0.3 is 30.2 Å². The van der Waals surface area contributed by atoms with E-state index < -0.39 is 0 Å². The Kier molecular flexibility index (Phi) is 20.4. The third kappa shape index (κ3) is 15.2. The van der Waals surface area contributed by atoms with Crippen LogP contribution >= 0.6 is 0 Å². The van der Waals surface area contributed by atoms with Crippen molar-refractivity contribution in [2.75, 3.05) is 78.9 Å². The summed E-state index contributed by atoms with van der Waals surface area (Å²) in [7, 11) is 0. The summed E-state index contributed by atoms with van der Waals surface area (Å²) < 4.78 is 18.0. The molecule has 0 saturated carbocycles. The molecule has 0 aromatic rings. The van der Waals surface area contributed by atoms with Crippen molar-refractivity contribution >= 4 is 18.9 Å². The van der Waals surface area contributed by atoms with Gasteiger partial charge in [-0.3, -0.25) is 19.3 Å². The van der Waals surface area contributed by atoms with Gasteiger partial charge in [0.1, 0.15) is 17.7 Å². The van der Waals surface area contributed by atoms with E-state index in [0.29, 0.717) is 187 Å². The zero-order valence-electron chi connectivity index (χ0n) is 38.0. The molecule has 0 saturated heterocycles. The molecule has 64 heavy (non-hydrogen) atoms. The van der Waals surface area contributed by atoms with Gasteiger partial charge in [-0.2, -0.15) is 10.5 Å². The summed E-state index contributed by atoms with van der Waals surface area (Å²) in [4.78, 5) is 45.2. The Morgan fingerprint density at radius 3 is 1.14 bits per heavy atom. The Bertz CT molecular complexity index is 1920. The first-order chi connectivity index (χ1) is 30.6. The molecule has 338 valence electrons. The predicted molar refractivity (Wildman–Crippen MR) is 238 cm³/mol. The van der Waals surface area contributed by atoms with Gasteiger partial charge in [0.05, 0.1) is 64.9 Å². The number of carbonyl (C=O) groups excluding carboxylic acids is 3. The van der Waals surface area contributed by atoms with Crippen LogP contribution in [0, 0.1) is 74.7 Å². The Balaban J connectivity index is 1.60. The van der Waals surface area contributed by atoms with Crippen LogP contribution in [0.4, 0.5) is 0 Å². The fourth-order valence-corrected chi connectivity index (χ4v) is 8.25. The van der Waals surface area contributed by atoms with E-state index in [1.54, 1.807) is 0 Å². The van der Waals surface area contributed by atoms with E-state index in [1.807, 2.05) is 65.8 Å². The second kappa shape index (κ2) is 25.1. The van der Waals surface area contributed by atoms with Crippen LogP contribution in [0.15, 0.2) is 67.5 Å². The van der Waals surface area contributed by atoms with E-state index in [2.05, 4.69) is 30.5 Å². The molecule has 16 heteroatoms. The maximum absolute atomic E-state index is 12.1. The smallest absolute Gasteiger partial charge is 0.265 e. The van der Waals surface area contributed by atoms with Crippen LogP contribution in [0.3, 0.4) is 0 Å². The van der Waals surface area contributed by atoms with Crippen LogP contribution in [0.5, 0.6) is 0 Å². The molecule has 0 spiro atoms. The largest absolute Gasteiger partial charge is 0.385 e. The molecule has 0 bridgehead atoms. The Morgan fingerprint density at radius 1 is 0.547 bits per heavy atom. The highest BCUT2D eigenvalue weighted by atomic mass is 16.5. The minimum absolute atomic E-state index is 0.0560. The number of allylic oxidation sites excluding steroid dienone is 12. The highest BCUT2D eigenvalue weighted by Crippen LogP contribution is 2.44. The summed E-state index contributed by atoms with van der Waals surface area (Å²) in [6.07, 6.45) is 5.25. The topological polar surface area (TPSA) is 222 Å². The maximum atomic E-state index is 12.1. The number of hydrogen-bond acceptors (Lipinski definition) is 14. The predicted octanol–water partition coefficient (Wildman–Crippen LogP) is 5.66. The van der Waals surface area contributed by atoms with E-state index in [-0.39, 0.29) is 33.2 Å². The number of rotatable bonds is 24. The second-order valence-corrected chi connectivity index (χ2v) is 18.2. The van der Waals surface area contributed by atoms with E-state index in [1.165, 1.54) is 0 Å². The SMILES string of the molecule is [C-]#[N+]/C(C#N)=C1/CC(C)(C)CC(NCCOCCN(CCOCCNC2=C(C=O)C(=C(C#N)C#N)CC(C)(C)C2)CCOCCNC2=C(C=O)/C(=C(/C#N)[N+]#[C-])CC(C)(C)C2)=C1C=O. The third-order valence-corrected chi connectivity index (χ3v) is 11.2. The van der Waals surface area contributed by atoms with Gasteiger partial charge in [0.15, 0.2) is 18.9 Å². The molecule has 0 aliphatic heterocycles. The zero-order chi connectivity index (χ0) is 47.3. The summed E-state index contributed by atoms with van der Waals surface area (Å²) in [5, 5.41) is 47.9. The molecule has 0 radical (unpaired) electrons. The van der Waals surface area contributed by atoms with Crippen LogP contribution in [-0.2, 0) is 28.6 Å². The van der Waals surface area contributed by atoms with Crippen molar-refractivity contribution in [1.82, 2.24) is 20.9 Å². The van der Waals surface area contributed by atoms with Crippen LogP contribution < -0.4 is 16.0 Å². The molecule has 0 atom stereocenters. The quantitative estimate of drug-likeness (QED) is 0.0461. The average Bonchev–Trinajstić information content (AvgIpc) is 3.24. The lowest BCUT2D eigenvalue weighted by molar-refractivity contribution is -0.105. The van der Waals surface area contributed by atoms with Gasteiger partial charge >= 0.3 is 0 Å². The minimum Gasteiger partial charge on any atom is -0.385 e. The van der Waals surface area contributed by atoms with Crippen molar-refractivity contribution in [3.05, 3.63) is 90.3 Å². The molecule has 0 fully saturated rings. The zero-order valence-corrected chi connectivity index (χ0v) is 38.0. The summed E-state index contributed by atoms with van der Waals surface area (Å²) in [6, 6.07) is 7.71. The summed E-state index contributed by atoms with van der Waals surface area (Å²) in [5.74, 6) is 0. The molecular weight excluding hydrogens is 813 g/mol. The molecule has 0 unspecified atom stereocenters. The van der Waals surface area contributed by atoms with Gasteiger partial charge in [0.25, 0.3) is 11.4 Å². The number of nitrogens with one attached hydrogen (secondary N) is 3. The lowest BCUT2D eigenvalue weighted by Crippen LogP contribution is -2.36. The fraction of sp³-hybridized carbons (Fsp3) is 0.562. The fourth-order valence-electron chi connectivity index (χ4n) is 8.25. The van der Waals surface area contributed by atoms with Gasteiger partial charge in [-0.25, -0.2) is 20.2 Å². The van der Waals surface area contributed by atoms with Crippen molar-refractivity contribution in [3.8, 4) is 24.3 Å². The number of aldehydes is 3. The standard InChI is InChI=1S/C48H60N10O6/c1-46(2)21-35(34(27-49)28-50)38(31-59)41(24-46)55-9-15-62-18-12-58(13-19-63-16-10-56-42-25-47(3,4)22-36(39(42)32-60)44(29-51)53-7)14-20-64-17-11-57-43-26-48(5,6)23-37(40(43)33-61)45(30-52)54-8/h31-33,55-57H,9-26H2,1-6H3/b44-36-,45-37-. The molecule has 16 nitrogen and oxygen atoms in total. The minimum atomic E-state index is -0.254. The van der Waals surface area contributed by atoms with E-state index in [9.17, 15) is 35.4 Å². The normalized spacial score (nSPS) is 19.2. The molecule has 0 heterocycles. The maximum Gasteiger partial charge on any atom is 0.265 e. The molecule has 0 aromatic carbocycles. The highest BCUT2D eigenvalue weighted by Gasteiger charge is 2.34. The molecule has 3 N–H and O–H groups in total. The van der Waals surface area contributed by atoms with Crippen LogP contribution in [0.1, 0.15) is 80.1 Å². The molecule has 0 amide bonds. The first kappa shape index (κ1) is 52.0. The third-order valence-electron chi connectivity index (χ3n) is 11.2. The van der Waals surface area contributed by atoms with Crippen molar-refractivity contribution in [3.63, 3.8) is 0 Å². The van der Waals surface area contributed by atoms with E-state index in [4.69, 9.17) is 27.4 Å². The lowest BCUT2D eigenvalue weighted by Gasteiger charge is -2.34. The molecule has 3 rings (SSSR count). The molecule has 3 aliphatic rings. The summed E-state index contributed by atoms with van der Waals surface area (Å²) in [6.45, 7) is 32.1. The second-order valence-electron chi connectivity index (χ2n) is 18.2. The molecule has 0 aromatic heterocycles. The number of hydrogen-bond donors (Lipinski definition) is 3. The van der Waals surface area contributed by atoms with Crippen molar-refractivity contribution in [1.29, 1.82) is 21.0 Å². The summed E-state index contributed by atoms with van der Waals surface area (Å²) >= 11 is 0. The van der Waals surface area contributed by atoms with Crippen LogP contribution in [0.2, 0.25) is 0 Å². The molecule has 3 aliphatic carbocycles. The Labute approximate surface area is 378 Å². The first-order valence-corrected chi connectivity index (χ1v) is 21.3. The monoisotopic (exact) mass is 872 g/mol. The Morgan fingerprint density at radius 2 is 0.859 bits per heavy atom. The van der Waals surface area contributed by atoms with Crippen molar-refractivity contribution < 1.29 is 28.6 Å².